The lowest BCUT2D eigenvalue weighted by molar-refractivity contribution is -0.161. The van der Waals surface area contributed by atoms with Crippen LogP contribution in [0.4, 0.5) is 9.59 Å². The number of aldehydes is 1. The summed E-state index contributed by atoms with van der Waals surface area (Å²) in [5, 5.41) is 1.84. The van der Waals surface area contributed by atoms with Gasteiger partial charge >= 0.3 is 18.2 Å². The molecule has 0 aliphatic heterocycles. The molecule has 2 amide bonds. The van der Waals surface area contributed by atoms with Crippen LogP contribution in [0.15, 0.2) is 60.7 Å². The lowest BCUT2D eigenvalue weighted by Crippen LogP contribution is -2.66. The van der Waals surface area contributed by atoms with Crippen LogP contribution in [0.1, 0.15) is 75.2 Å². The van der Waals surface area contributed by atoms with Crippen molar-refractivity contribution in [1.29, 1.82) is 0 Å². The van der Waals surface area contributed by atoms with Gasteiger partial charge in [-0.1, -0.05) is 81.4 Å². The number of rotatable bonds is 11. The highest BCUT2D eigenvalue weighted by atomic mass is 28.4. The summed E-state index contributed by atoms with van der Waals surface area (Å²) in [5.41, 5.74) is -1.87. The molecule has 9 nitrogen and oxygen atoms in total. The molecule has 2 rings (SSSR count). The van der Waals surface area contributed by atoms with Crippen molar-refractivity contribution in [2.45, 2.75) is 97.4 Å². The van der Waals surface area contributed by atoms with Crippen molar-refractivity contribution in [2.24, 2.45) is 0 Å². The van der Waals surface area contributed by atoms with Crippen molar-refractivity contribution in [1.82, 2.24) is 4.90 Å². The van der Waals surface area contributed by atoms with Crippen LogP contribution in [0, 0.1) is 0 Å². The molecule has 1 atom stereocenters. The molecule has 0 radical (unpaired) electrons. The molecule has 2 aromatic rings. The highest BCUT2D eigenvalue weighted by Crippen LogP contribution is 2.36. The van der Waals surface area contributed by atoms with Crippen molar-refractivity contribution in [3.8, 4) is 0 Å². The first kappa shape index (κ1) is 35.7. The van der Waals surface area contributed by atoms with Gasteiger partial charge in [-0.15, -0.1) is 0 Å². The van der Waals surface area contributed by atoms with Gasteiger partial charge in [-0.2, -0.15) is 4.90 Å². The maximum absolute atomic E-state index is 13.5. The molecular formula is C33H47NO8Si. The number of esters is 1. The van der Waals surface area contributed by atoms with Crippen LogP contribution in [0.3, 0.4) is 0 Å². The topological polar surface area (TPSA) is 108 Å². The van der Waals surface area contributed by atoms with E-state index < -0.39 is 43.7 Å². The third-order valence-electron chi connectivity index (χ3n) is 6.38. The van der Waals surface area contributed by atoms with Gasteiger partial charge in [0.2, 0.25) is 0 Å². The summed E-state index contributed by atoms with van der Waals surface area (Å²) >= 11 is 0. The van der Waals surface area contributed by atoms with Gasteiger partial charge in [0.25, 0.3) is 8.32 Å². The highest BCUT2D eigenvalue weighted by Gasteiger charge is 2.50. The molecule has 10 heteroatoms. The zero-order chi connectivity index (χ0) is 32.5. The Bertz CT molecular complexity index is 1170. The Balaban J connectivity index is 2.38. The molecule has 0 N–H and O–H groups in total. The first-order valence-electron chi connectivity index (χ1n) is 14.5. The van der Waals surface area contributed by atoms with Crippen molar-refractivity contribution in [3.05, 3.63) is 60.7 Å². The van der Waals surface area contributed by atoms with Gasteiger partial charge in [-0.3, -0.25) is 0 Å². The Morgan fingerprint density at radius 2 is 1.23 bits per heavy atom. The van der Waals surface area contributed by atoms with Gasteiger partial charge in [-0.05, 0) is 63.4 Å². The van der Waals surface area contributed by atoms with Gasteiger partial charge in [0.15, 0.2) is 0 Å². The van der Waals surface area contributed by atoms with Crippen molar-refractivity contribution < 1.29 is 37.8 Å². The van der Waals surface area contributed by atoms with Crippen LogP contribution in [0.2, 0.25) is 5.04 Å². The summed E-state index contributed by atoms with van der Waals surface area (Å²) < 4.78 is 23.2. The quantitative estimate of drug-likeness (QED) is 0.106. The number of amides is 2. The van der Waals surface area contributed by atoms with Gasteiger partial charge < -0.3 is 23.4 Å². The fourth-order valence-electron chi connectivity index (χ4n) is 4.74. The molecule has 0 spiro atoms. The van der Waals surface area contributed by atoms with Gasteiger partial charge in [-0.25, -0.2) is 14.4 Å². The molecule has 0 saturated carbocycles. The van der Waals surface area contributed by atoms with Gasteiger partial charge in [0.1, 0.15) is 30.1 Å². The summed E-state index contributed by atoms with van der Waals surface area (Å²) in [5.74, 6) is -0.847. The van der Waals surface area contributed by atoms with Gasteiger partial charge in [0.05, 0.1) is 6.61 Å². The predicted octanol–water partition coefficient (Wildman–Crippen LogP) is 5.63. The fourth-order valence-corrected chi connectivity index (χ4v) is 9.29. The Hall–Kier alpha value is -3.50. The molecule has 0 aromatic heterocycles. The molecule has 0 unspecified atom stereocenters. The van der Waals surface area contributed by atoms with Crippen LogP contribution in [0.5, 0.6) is 0 Å². The lowest BCUT2D eigenvalue weighted by Gasteiger charge is -2.43. The monoisotopic (exact) mass is 613 g/mol. The fraction of sp³-hybridized carbons (Fsp3) is 0.515. The molecule has 0 heterocycles. The maximum Gasteiger partial charge on any atom is 0.420 e. The Morgan fingerprint density at radius 3 is 1.65 bits per heavy atom. The van der Waals surface area contributed by atoms with E-state index in [4.69, 9.17) is 18.6 Å². The van der Waals surface area contributed by atoms with Crippen LogP contribution < -0.4 is 10.4 Å². The minimum atomic E-state index is -2.90. The second kappa shape index (κ2) is 14.8. The second-order valence-corrected chi connectivity index (χ2v) is 17.6. The molecule has 43 heavy (non-hydrogen) atoms. The average molecular weight is 614 g/mol. The molecule has 0 bridgehead atoms. The normalized spacial score (nSPS) is 13.0. The summed E-state index contributed by atoms with van der Waals surface area (Å²) in [4.78, 5) is 51.7. The van der Waals surface area contributed by atoms with E-state index in [1.165, 1.54) is 0 Å². The van der Waals surface area contributed by atoms with E-state index in [2.05, 4.69) is 45.0 Å². The van der Waals surface area contributed by atoms with E-state index in [9.17, 15) is 19.2 Å². The Labute approximate surface area is 257 Å². The molecular weight excluding hydrogens is 566 g/mol. The summed E-state index contributed by atoms with van der Waals surface area (Å²) in [6, 6.07) is 18.6. The van der Waals surface area contributed by atoms with Crippen LogP contribution >= 0.6 is 0 Å². The summed E-state index contributed by atoms with van der Waals surface area (Å²) in [6.45, 7) is 16.2. The molecule has 0 aliphatic rings. The number of imide groups is 1. The van der Waals surface area contributed by atoms with E-state index >= 15 is 0 Å². The smallest absolute Gasteiger partial charge is 0.420 e. The molecule has 0 aliphatic carbocycles. The second-order valence-electron chi connectivity index (χ2n) is 13.3. The van der Waals surface area contributed by atoms with E-state index in [1.54, 1.807) is 41.5 Å². The number of benzene rings is 2. The van der Waals surface area contributed by atoms with Gasteiger partial charge in [0, 0.05) is 6.42 Å². The van der Waals surface area contributed by atoms with E-state index in [0.717, 1.165) is 10.4 Å². The average Bonchev–Trinajstić information content (AvgIpc) is 2.89. The third-order valence-corrected chi connectivity index (χ3v) is 11.4. The number of nitrogens with zero attached hydrogens (tertiary/aromatic N) is 1. The zero-order valence-corrected chi connectivity index (χ0v) is 28.0. The summed E-state index contributed by atoms with van der Waals surface area (Å²) in [7, 11) is -2.90. The largest absolute Gasteiger partial charge is 0.458 e. The van der Waals surface area contributed by atoms with Crippen molar-refractivity contribution in [2.75, 3.05) is 13.2 Å². The number of hydrogen-bond acceptors (Lipinski definition) is 8. The van der Waals surface area contributed by atoms with E-state index in [1.807, 2.05) is 36.4 Å². The Kier molecular flexibility index (Phi) is 12.3. The maximum atomic E-state index is 13.5. The van der Waals surface area contributed by atoms with Crippen LogP contribution in [-0.2, 0) is 28.2 Å². The lowest BCUT2D eigenvalue weighted by atomic mass is 10.1. The SMILES string of the molecule is CC(C)(C)OC(=O)[C@H](CCC=O)N(C(=O)OCCO[Si](c1ccccc1)(c1ccccc1)C(C)(C)C)C(=O)OC(C)(C)C. The third kappa shape index (κ3) is 10.0. The van der Waals surface area contributed by atoms with E-state index in [0.29, 0.717) is 11.2 Å². The van der Waals surface area contributed by atoms with Crippen molar-refractivity contribution in [3.63, 3.8) is 0 Å². The highest BCUT2D eigenvalue weighted by molar-refractivity contribution is 6.99. The van der Waals surface area contributed by atoms with Crippen LogP contribution in [0.25, 0.3) is 0 Å². The molecule has 236 valence electrons. The first-order chi connectivity index (χ1) is 19.9. The molecule has 0 fully saturated rings. The first-order valence-corrected chi connectivity index (χ1v) is 16.4. The minimum absolute atomic E-state index is 0.0343. The summed E-state index contributed by atoms with van der Waals surface area (Å²) in [6.07, 6.45) is -1.80. The van der Waals surface area contributed by atoms with Crippen molar-refractivity contribution >= 4 is 43.1 Å². The molecule has 0 saturated heterocycles. The molecule has 2 aromatic carbocycles. The number of ether oxygens (including phenoxy) is 3. The predicted molar refractivity (Wildman–Crippen MR) is 168 cm³/mol. The van der Waals surface area contributed by atoms with Crippen LogP contribution in [-0.4, -0.2) is 68.1 Å². The zero-order valence-electron chi connectivity index (χ0n) is 27.0. The number of hydrogen-bond donors (Lipinski definition) is 0. The number of carbonyl (C=O) groups excluding carboxylic acids is 4. The standard InChI is InChI=1S/C33H47NO8Si/c1-31(2,3)41-28(36)27(21-16-22-35)34(30(38)42-32(4,5)6)29(37)39-23-24-40-43(33(7,8)9,25-17-12-10-13-18-25)26-19-14-11-15-20-26/h10-15,17-20,22,27H,16,21,23-24H2,1-9H3/t27-/m0/s1. The van der Waals surface area contributed by atoms with E-state index in [-0.39, 0.29) is 31.1 Å². The Morgan fingerprint density at radius 1 is 0.744 bits per heavy atom. The minimum Gasteiger partial charge on any atom is -0.458 e. The number of carbonyl (C=O) groups is 4.